The van der Waals surface area contributed by atoms with Crippen molar-refractivity contribution in [2.75, 3.05) is 26.8 Å². The van der Waals surface area contributed by atoms with Crippen molar-refractivity contribution in [3.8, 4) is 0 Å². The molecule has 0 radical (unpaired) electrons. The SMILES string of the molecule is CCC1CC1NCC(=O)NCCCOC. The number of carbonyl (C=O) groups is 1. The second kappa shape index (κ2) is 6.80. The highest BCUT2D eigenvalue weighted by Crippen LogP contribution is 2.32. The summed E-state index contributed by atoms with van der Waals surface area (Å²) in [6.45, 7) is 4.05. The van der Waals surface area contributed by atoms with Gasteiger partial charge in [0.15, 0.2) is 0 Å². The number of ether oxygens (including phenoxy) is 1. The number of amides is 1. The lowest BCUT2D eigenvalue weighted by Crippen LogP contribution is -2.36. The molecule has 4 nitrogen and oxygen atoms in total. The topological polar surface area (TPSA) is 50.4 Å². The fourth-order valence-electron chi connectivity index (χ4n) is 1.68. The maximum absolute atomic E-state index is 11.3. The summed E-state index contributed by atoms with van der Waals surface area (Å²) in [7, 11) is 1.67. The summed E-state index contributed by atoms with van der Waals surface area (Å²) < 4.78 is 4.89. The predicted molar refractivity (Wildman–Crippen MR) is 59.7 cm³/mol. The van der Waals surface area contributed by atoms with Crippen molar-refractivity contribution < 1.29 is 9.53 Å². The number of hydrogen-bond acceptors (Lipinski definition) is 3. The zero-order chi connectivity index (χ0) is 11.1. The number of carbonyl (C=O) groups excluding carboxylic acids is 1. The van der Waals surface area contributed by atoms with Crippen molar-refractivity contribution in [1.82, 2.24) is 10.6 Å². The molecule has 1 fully saturated rings. The Morgan fingerprint density at radius 3 is 2.93 bits per heavy atom. The van der Waals surface area contributed by atoms with Gasteiger partial charge in [-0.2, -0.15) is 0 Å². The lowest BCUT2D eigenvalue weighted by Gasteiger charge is -2.05. The molecule has 0 aromatic rings. The van der Waals surface area contributed by atoms with Gasteiger partial charge < -0.3 is 15.4 Å². The van der Waals surface area contributed by atoms with Crippen molar-refractivity contribution in [1.29, 1.82) is 0 Å². The summed E-state index contributed by atoms with van der Waals surface area (Å²) in [4.78, 5) is 11.3. The van der Waals surface area contributed by atoms with Crippen molar-refractivity contribution in [3.63, 3.8) is 0 Å². The summed E-state index contributed by atoms with van der Waals surface area (Å²) in [6, 6.07) is 0.583. The highest BCUT2D eigenvalue weighted by atomic mass is 16.5. The molecule has 0 saturated heterocycles. The molecule has 1 amide bonds. The van der Waals surface area contributed by atoms with E-state index in [4.69, 9.17) is 4.74 Å². The maximum Gasteiger partial charge on any atom is 0.233 e. The van der Waals surface area contributed by atoms with E-state index in [0.29, 0.717) is 25.7 Å². The number of hydrogen-bond donors (Lipinski definition) is 2. The smallest absolute Gasteiger partial charge is 0.233 e. The second-order valence-corrected chi connectivity index (χ2v) is 4.09. The second-order valence-electron chi connectivity index (χ2n) is 4.09. The molecular weight excluding hydrogens is 192 g/mol. The van der Waals surface area contributed by atoms with E-state index in [1.165, 1.54) is 12.8 Å². The van der Waals surface area contributed by atoms with Crippen LogP contribution in [0.5, 0.6) is 0 Å². The molecule has 1 aliphatic carbocycles. The van der Waals surface area contributed by atoms with Crippen LogP contribution in [0.15, 0.2) is 0 Å². The number of rotatable bonds is 8. The van der Waals surface area contributed by atoms with E-state index in [1.807, 2.05) is 0 Å². The Labute approximate surface area is 91.8 Å². The fourth-order valence-corrected chi connectivity index (χ4v) is 1.68. The summed E-state index contributed by atoms with van der Waals surface area (Å²) in [6.07, 6.45) is 3.32. The molecule has 1 saturated carbocycles. The van der Waals surface area contributed by atoms with E-state index >= 15 is 0 Å². The molecule has 4 heteroatoms. The Morgan fingerprint density at radius 1 is 1.53 bits per heavy atom. The molecule has 1 aliphatic rings. The van der Waals surface area contributed by atoms with E-state index < -0.39 is 0 Å². The van der Waals surface area contributed by atoms with Crippen LogP contribution >= 0.6 is 0 Å². The third kappa shape index (κ3) is 5.14. The lowest BCUT2D eigenvalue weighted by molar-refractivity contribution is -0.120. The monoisotopic (exact) mass is 214 g/mol. The number of methoxy groups -OCH3 is 1. The van der Waals surface area contributed by atoms with Crippen LogP contribution in [0.1, 0.15) is 26.2 Å². The van der Waals surface area contributed by atoms with Gasteiger partial charge in [0, 0.05) is 26.3 Å². The van der Waals surface area contributed by atoms with Crippen LogP contribution in [-0.4, -0.2) is 38.8 Å². The third-order valence-electron chi connectivity index (χ3n) is 2.82. The first-order valence-electron chi connectivity index (χ1n) is 5.77. The average molecular weight is 214 g/mol. The first-order valence-corrected chi connectivity index (χ1v) is 5.77. The molecule has 2 atom stereocenters. The highest BCUT2D eigenvalue weighted by Gasteiger charge is 2.34. The Morgan fingerprint density at radius 2 is 2.33 bits per heavy atom. The molecule has 15 heavy (non-hydrogen) atoms. The molecule has 1 rings (SSSR count). The van der Waals surface area contributed by atoms with E-state index in [2.05, 4.69) is 17.6 Å². The van der Waals surface area contributed by atoms with Gasteiger partial charge in [-0.25, -0.2) is 0 Å². The molecule has 2 N–H and O–H groups in total. The van der Waals surface area contributed by atoms with Crippen LogP contribution in [0.25, 0.3) is 0 Å². The molecule has 2 unspecified atom stereocenters. The molecule has 88 valence electrons. The van der Waals surface area contributed by atoms with Gasteiger partial charge in [-0.15, -0.1) is 0 Å². The minimum Gasteiger partial charge on any atom is -0.385 e. The summed E-state index contributed by atoms with van der Waals surface area (Å²) >= 11 is 0. The van der Waals surface area contributed by atoms with Gasteiger partial charge in [0.1, 0.15) is 0 Å². The zero-order valence-electron chi connectivity index (χ0n) is 9.71. The normalized spacial score (nSPS) is 23.9. The summed E-state index contributed by atoms with van der Waals surface area (Å²) in [5.74, 6) is 0.888. The maximum atomic E-state index is 11.3. The lowest BCUT2D eigenvalue weighted by atomic mass is 10.3. The van der Waals surface area contributed by atoms with Crippen LogP contribution in [0.3, 0.4) is 0 Å². The van der Waals surface area contributed by atoms with Crippen LogP contribution in [0.4, 0.5) is 0 Å². The molecule has 0 aliphatic heterocycles. The Bertz CT molecular complexity index is 197. The molecule has 0 aromatic heterocycles. The van der Waals surface area contributed by atoms with Gasteiger partial charge in [0.2, 0.25) is 5.91 Å². The fraction of sp³-hybridized carbons (Fsp3) is 0.909. The Balaban J connectivity index is 1.90. The molecular formula is C11H22N2O2. The first kappa shape index (κ1) is 12.5. The minimum absolute atomic E-state index is 0.0906. The van der Waals surface area contributed by atoms with Crippen molar-refractivity contribution >= 4 is 5.91 Å². The van der Waals surface area contributed by atoms with Crippen molar-refractivity contribution in [2.45, 2.75) is 32.2 Å². The third-order valence-corrected chi connectivity index (χ3v) is 2.82. The van der Waals surface area contributed by atoms with Gasteiger partial charge in [-0.1, -0.05) is 13.3 Å². The van der Waals surface area contributed by atoms with E-state index in [1.54, 1.807) is 7.11 Å². The van der Waals surface area contributed by atoms with Crippen molar-refractivity contribution in [2.24, 2.45) is 5.92 Å². The number of nitrogens with one attached hydrogen (secondary N) is 2. The molecule has 0 bridgehead atoms. The van der Waals surface area contributed by atoms with Crippen LogP contribution < -0.4 is 10.6 Å². The molecule has 0 aromatic carbocycles. The van der Waals surface area contributed by atoms with Gasteiger partial charge >= 0.3 is 0 Å². The van der Waals surface area contributed by atoms with Crippen LogP contribution in [0, 0.1) is 5.92 Å². The zero-order valence-corrected chi connectivity index (χ0v) is 9.71. The van der Waals surface area contributed by atoms with E-state index in [0.717, 1.165) is 12.3 Å². The van der Waals surface area contributed by atoms with Crippen LogP contribution in [-0.2, 0) is 9.53 Å². The Hall–Kier alpha value is -0.610. The van der Waals surface area contributed by atoms with Crippen LogP contribution in [0.2, 0.25) is 0 Å². The quantitative estimate of drug-likeness (QED) is 0.579. The highest BCUT2D eigenvalue weighted by molar-refractivity contribution is 5.78. The van der Waals surface area contributed by atoms with Gasteiger partial charge in [-0.3, -0.25) is 4.79 Å². The van der Waals surface area contributed by atoms with Gasteiger partial charge in [0.25, 0.3) is 0 Å². The van der Waals surface area contributed by atoms with Crippen molar-refractivity contribution in [3.05, 3.63) is 0 Å². The molecule has 0 spiro atoms. The molecule has 0 heterocycles. The average Bonchev–Trinajstić information content (AvgIpc) is 3.00. The van der Waals surface area contributed by atoms with E-state index in [-0.39, 0.29) is 5.91 Å². The Kier molecular flexibility index (Phi) is 5.65. The van der Waals surface area contributed by atoms with Gasteiger partial charge in [-0.05, 0) is 18.8 Å². The summed E-state index contributed by atoms with van der Waals surface area (Å²) in [5, 5.41) is 6.11. The predicted octanol–water partition coefficient (Wildman–Crippen LogP) is 0.527. The minimum atomic E-state index is 0.0906. The van der Waals surface area contributed by atoms with Gasteiger partial charge in [0.05, 0.1) is 6.54 Å². The largest absolute Gasteiger partial charge is 0.385 e. The standard InChI is InChI=1S/C11H22N2O2/c1-3-9-7-10(9)13-8-11(14)12-5-4-6-15-2/h9-10,13H,3-8H2,1-2H3,(H,12,14). The summed E-state index contributed by atoms with van der Waals surface area (Å²) in [5.41, 5.74) is 0. The van der Waals surface area contributed by atoms with E-state index in [9.17, 15) is 4.79 Å². The first-order chi connectivity index (χ1) is 7.27.